The Morgan fingerprint density at radius 1 is 0.871 bits per heavy atom. The van der Waals surface area contributed by atoms with Crippen LogP contribution < -0.4 is 9.46 Å². The highest BCUT2D eigenvalue weighted by Gasteiger charge is 2.36. The number of nitrogens with one attached hydrogen (secondary N) is 1. The molecule has 0 bridgehead atoms. The number of likely N-dealkylation sites (tertiary alicyclic amines) is 1. The average Bonchev–Trinajstić information content (AvgIpc) is 2.74. The van der Waals surface area contributed by atoms with E-state index in [1.54, 1.807) is 31.4 Å². The molecule has 1 saturated heterocycles. The monoisotopic (exact) mass is 476 g/mol. The second-order valence-electron chi connectivity index (χ2n) is 7.45. The van der Waals surface area contributed by atoms with Crippen LogP contribution >= 0.6 is 23.2 Å². The first kappa shape index (κ1) is 22.1. The number of sulfonamides is 1. The molecule has 0 spiro atoms. The molecule has 8 heteroatoms. The SMILES string of the molecule is COc1ccc(S(=O)(=O)NC2CN(C(c3ccc(Cl)cc3)c3ccc(Cl)cc3)C2)cc1. The summed E-state index contributed by atoms with van der Waals surface area (Å²) in [5.41, 5.74) is 2.17. The Labute approximate surface area is 192 Å². The summed E-state index contributed by atoms with van der Waals surface area (Å²) in [4.78, 5) is 2.45. The summed E-state index contributed by atoms with van der Waals surface area (Å²) < 4.78 is 33.3. The Bertz CT molecular complexity index is 1080. The summed E-state index contributed by atoms with van der Waals surface area (Å²) in [5, 5.41) is 1.35. The molecule has 1 aliphatic heterocycles. The molecule has 1 fully saturated rings. The van der Waals surface area contributed by atoms with E-state index in [9.17, 15) is 8.42 Å². The van der Waals surface area contributed by atoms with Gasteiger partial charge >= 0.3 is 0 Å². The van der Waals surface area contributed by atoms with E-state index in [4.69, 9.17) is 27.9 Å². The van der Waals surface area contributed by atoms with Gasteiger partial charge in [0.1, 0.15) is 5.75 Å². The van der Waals surface area contributed by atoms with Crippen molar-refractivity contribution in [2.24, 2.45) is 0 Å². The molecule has 0 amide bonds. The van der Waals surface area contributed by atoms with E-state index in [2.05, 4.69) is 9.62 Å². The summed E-state index contributed by atoms with van der Waals surface area (Å²) in [6, 6.07) is 21.6. The standard InChI is InChI=1S/C23H22Cl2N2O3S/c1-30-21-10-12-22(13-11-21)31(28,29)26-20-14-27(15-20)23(16-2-6-18(24)7-3-16)17-4-8-19(25)9-5-17/h2-13,20,23,26H,14-15H2,1H3. The minimum absolute atomic E-state index is 0.0173. The van der Waals surface area contributed by atoms with Gasteiger partial charge in [-0.2, -0.15) is 0 Å². The smallest absolute Gasteiger partial charge is 0.240 e. The molecule has 0 radical (unpaired) electrons. The first-order valence-electron chi connectivity index (χ1n) is 9.77. The van der Waals surface area contributed by atoms with Crippen molar-refractivity contribution in [2.75, 3.05) is 20.2 Å². The molecule has 3 aromatic carbocycles. The summed E-state index contributed by atoms with van der Waals surface area (Å²) in [6.45, 7) is 1.18. The van der Waals surface area contributed by atoms with Crippen LogP contribution in [-0.4, -0.2) is 39.6 Å². The Kier molecular flexibility index (Phi) is 6.55. The molecule has 1 N–H and O–H groups in total. The Hall–Kier alpha value is -2.09. The second-order valence-corrected chi connectivity index (χ2v) is 10.0. The lowest BCUT2D eigenvalue weighted by molar-refractivity contribution is 0.105. The van der Waals surface area contributed by atoms with Crippen LogP contribution in [0.4, 0.5) is 0 Å². The lowest BCUT2D eigenvalue weighted by Gasteiger charge is -2.44. The number of ether oxygens (including phenoxy) is 1. The number of benzene rings is 3. The topological polar surface area (TPSA) is 58.6 Å². The fraction of sp³-hybridized carbons (Fsp3) is 0.217. The minimum atomic E-state index is -3.60. The number of hydrogen-bond donors (Lipinski definition) is 1. The van der Waals surface area contributed by atoms with Gasteiger partial charge in [-0.15, -0.1) is 0 Å². The maximum absolute atomic E-state index is 12.7. The van der Waals surface area contributed by atoms with Crippen LogP contribution in [0.15, 0.2) is 77.7 Å². The fourth-order valence-electron chi connectivity index (χ4n) is 3.74. The van der Waals surface area contributed by atoms with Crippen molar-refractivity contribution < 1.29 is 13.2 Å². The third-order valence-electron chi connectivity index (χ3n) is 5.34. The van der Waals surface area contributed by atoms with E-state index in [1.807, 2.05) is 48.5 Å². The maximum Gasteiger partial charge on any atom is 0.240 e. The van der Waals surface area contributed by atoms with Gasteiger partial charge in [0.2, 0.25) is 10.0 Å². The predicted octanol–water partition coefficient (Wildman–Crippen LogP) is 4.75. The first-order chi connectivity index (χ1) is 14.9. The van der Waals surface area contributed by atoms with Crippen molar-refractivity contribution in [1.29, 1.82) is 0 Å². The Balaban J connectivity index is 1.49. The highest BCUT2D eigenvalue weighted by molar-refractivity contribution is 7.89. The van der Waals surface area contributed by atoms with Gasteiger partial charge in [-0.1, -0.05) is 47.5 Å². The number of methoxy groups -OCH3 is 1. The van der Waals surface area contributed by atoms with Gasteiger partial charge in [0.05, 0.1) is 18.0 Å². The number of rotatable bonds is 7. The van der Waals surface area contributed by atoms with Crippen molar-refractivity contribution in [1.82, 2.24) is 9.62 Å². The van der Waals surface area contributed by atoms with Crippen molar-refractivity contribution in [3.63, 3.8) is 0 Å². The molecule has 5 nitrogen and oxygen atoms in total. The number of hydrogen-bond acceptors (Lipinski definition) is 4. The van der Waals surface area contributed by atoms with Crippen LogP contribution in [0.5, 0.6) is 5.75 Å². The normalized spacial score (nSPS) is 15.1. The molecule has 1 heterocycles. The van der Waals surface area contributed by atoms with E-state index in [0.29, 0.717) is 28.9 Å². The quantitative estimate of drug-likeness (QED) is 0.534. The van der Waals surface area contributed by atoms with Gasteiger partial charge in [-0.05, 0) is 59.7 Å². The van der Waals surface area contributed by atoms with Crippen molar-refractivity contribution >= 4 is 33.2 Å². The largest absolute Gasteiger partial charge is 0.497 e. The van der Waals surface area contributed by atoms with Crippen molar-refractivity contribution in [3.8, 4) is 5.75 Å². The molecule has 0 atom stereocenters. The average molecular weight is 477 g/mol. The molecule has 0 aliphatic carbocycles. The third kappa shape index (κ3) is 5.05. The zero-order chi connectivity index (χ0) is 22.0. The molecule has 0 unspecified atom stereocenters. The molecule has 162 valence electrons. The van der Waals surface area contributed by atoms with E-state index in [-0.39, 0.29) is 17.0 Å². The van der Waals surface area contributed by atoms with Gasteiger partial charge < -0.3 is 4.74 Å². The predicted molar refractivity (Wildman–Crippen MR) is 123 cm³/mol. The van der Waals surface area contributed by atoms with Gasteiger partial charge in [-0.25, -0.2) is 13.1 Å². The van der Waals surface area contributed by atoms with Crippen LogP contribution in [0.1, 0.15) is 17.2 Å². The third-order valence-corrected chi connectivity index (χ3v) is 7.38. The maximum atomic E-state index is 12.7. The van der Waals surface area contributed by atoms with Crippen LogP contribution in [0.25, 0.3) is 0 Å². The zero-order valence-electron chi connectivity index (χ0n) is 16.8. The molecular weight excluding hydrogens is 455 g/mol. The van der Waals surface area contributed by atoms with Crippen molar-refractivity contribution in [2.45, 2.75) is 17.0 Å². The van der Waals surface area contributed by atoms with Crippen LogP contribution in [0, 0.1) is 0 Å². The number of halogens is 2. The fourth-order valence-corrected chi connectivity index (χ4v) is 5.21. The zero-order valence-corrected chi connectivity index (χ0v) is 19.2. The molecule has 1 aliphatic rings. The van der Waals surface area contributed by atoms with E-state index >= 15 is 0 Å². The van der Waals surface area contributed by atoms with E-state index in [0.717, 1.165) is 11.1 Å². The minimum Gasteiger partial charge on any atom is -0.497 e. The van der Waals surface area contributed by atoms with E-state index in [1.165, 1.54) is 0 Å². The lowest BCUT2D eigenvalue weighted by Crippen LogP contribution is -2.60. The summed E-state index contributed by atoms with van der Waals surface area (Å²) in [7, 11) is -2.06. The van der Waals surface area contributed by atoms with Crippen LogP contribution in [0.3, 0.4) is 0 Å². The van der Waals surface area contributed by atoms with Crippen LogP contribution in [0.2, 0.25) is 10.0 Å². The molecule has 0 saturated carbocycles. The summed E-state index contributed by atoms with van der Waals surface area (Å²) in [6.07, 6.45) is 0. The molecule has 4 rings (SSSR count). The summed E-state index contributed by atoms with van der Waals surface area (Å²) >= 11 is 12.1. The molecule has 3 aromatic rings. The molecule has 0 aromatic heterocycles. The van der Waals surface area contributed by atoms with Gasteiger partial charge in [0.25, 0.3) is 0 Å². The Morgan fingerprint density at radius 2 is 1.35 bits per heavy atom. The van der Waals surface area contributed by atoms with Crippen LogP contribution in [-0.2, 0) is 10.0 Å². The van der Waals surface area contributed by atoms with Gasteiger partial charge in [-0.3, -0.25) is 4.90 Å². The Morgan fingerprint density at radius 3 is 1.81 bits per heavy atom. The van der Waals surface area contributed by atoms with Gasteiger partial charge in [0, 0.05) is 29.2 Å². The number of nitrogens with zero attached hydrogens (tertiary/aromatic N) is 1. The first-order valence-corrected chi connectivity index (χ1v) is 12.0. The lowest BCUT2D eigenvalue weighted by atomic mass is 9.93. The highest BCUT2D eigenvalue weighted by Crippen LogP contribution is 2.34. The molecule has 31 heavy (non-hydrogen) atoms. The summed E-state index contributed by atoms with van der Waals surface area (Å²) in [5.74, 6) is 0.613. The van der Waals surface area contributed by atoms with Gasteiger partial charge in [0.15, 0.2) is 0 Å². The van der Waals surface area contributed by atoms with E-state index < -0.39 is 10.0 Å². The second kappa shape index (κ2) is 9.18. The highest BCUT2D eigenvalue weighted by atomic mass is 35.5. The van der Waals surface area contributed by atoms with Crippen molar-refractivity contribution in [3.05, 3.63) is 94.0 Å². The molecular formula is C23H22Cl2N2O3S.